The summed E-state index contributed by atoms with van der Waals surface area (Å²) in [7, 11) is 0. The first kappa shape index (κ1) is 17.7. The summed E-state index contributed by atoms with van der Waals surface area (Å²) in [5.74, 6) is 1.38. The Morgan fingerprint density at radius 1 is 1.04 bits per heavy atom. The van der Waals surface area contributed by atoms with Crippen LogP contribution in [0.5, 0.6) is 5.88 Å². The summed E-state index contributed by atoms with van der Waals surface area (Å²) in [6.45, 7) is 4.24. The third-order valence-electron chi connectivity index (χ3n) is 5.76. The largest absolute Gasteiger partial charge is 0.476 e. The fourth-order valence-corrected chi connectivity index (χ4v) is 4.90. The summed E-state index contributed by atoms with van der Waals surface area (Å²) < 4.78 is 8.40. The van der Waals surface area contributed by atoms with Crippen molar-refractivity contribution in [3.63, 3.8) is 0 Å². The second-order valence-electron chi connectivity index (χ2n) is 7.62. The van der Waals surface area contributed by atoms with Gasteiger partial charge in [0.25, 0.3) is 0 Å². The SMILES string of the molecule is c1ccc(CCN2CCC(COc3nc4ccsc4n4cccc34)CC2)cc1. The van der Waals surface area contributed by atoms with Crippen molar-refractivity contribution in [2.45, 2.75) is 19.3 Å². The van der Waals surface area contributed by atoms with E-state index in [1.165, 1.54) is 36.3 Å². The van der Waals surface area contributed by atoms with Crippen LogP contribution in [0.4, 0.5) is 0 Å². The molecule has 0 N–H and O–H groups in total. The van der Waals surface area contributed by atoms with Crippen LogP contribution in [0.1, 0.15) is 18.4 Å². The van der Waals surface area contributed by atoms with Gasteiger partial charge in [-0.25, -0.2) is 4.98 Å². The van der Waals surface area contributed by atoms with Crippen molar-refractivity contribution in [1.82, 2.24) is 14.3 Å². The molecule has 4 aromatic rings. The van der Waals surface area contributed by atoms with E-state index < -0.39 is 0 Å². The number of ether oxygens (including phenoxy) is 1. The molecular weight excluding hydrogens is 366 g/mol. The van der Waals surface area contributed by atoms with Crippen molar-refractivity contribution in [2.75, 3.05) is 26.2 Å². The van der Waals surface area contributed by atoms with Crippen molar-refractivity contribution >= 4 is 27.2 Å². The van der Waals surface area contributed by atoms with Gasteiger partial charge in [-0.05, 0) is 67.4 Å². The minimum absolute atomic E-state index is 0.614. The lowest BCUT2D eigenvalue weighted by Gasteiger charge is -2.31. The molecule has 0 amide bonds. The monoisotopic (exact) mass is 391 g/mol. The molecule has 1 aromatic carbocycles. The first-order valence-electron chi connectivity index (χ1n) is 10.1. The molecule has 0 atom stereocenters. The molecule has 0 unspecified atom stereocenters. The molecule has 144 valence electrons. The summed E-state index contributed by atoms with van der Waals surface area (Å²) in [6, 6.07) is 17.0. The van der Waals surface area contributed by atoms with Gasteiger partial charge in [0.2, 0.25) is 5.88 Å². The molecule has 1 aliphatic rings. The molecule has 4 heterocycles. The van der Waals surface area contributed by atoms with Crippen LogP contribution in [-0.2, 0) is 6.42 Å². The Hall–Kier alpha value is -2.37. The summed E-state index contributed by atoms with van der Waals surface area (Å²) in [6.07, 6.45) is 5.63. The molecule has 3 aromatic heterocycles. The van der Waals surface area contributed by atoms with E-state index in [4.69, 9.17) is 9.72 Å². The van der Waals surface area contributed by atoms with Crippen molar-refractivity contribution in [2.24, 2.45) is 5.92 Å². The average molecular weight is 392 g/mol. The fraction of sp³-hybridized carbons (Fsp3) is 0.348. The van der Waals surface area contributed by atoms with Crippen LogP contribution in [0.25, 0.3) is 15.9 Å². The maximum Gasteiger partial charge on any atom is 0.238 e. The highest BCUT2D eigenvalue weighted by atomic mass is 32.1. The number of thiophene rings is 1. The van der Waals surface area contributed by atoms with Gasteiger partial charge in [-0.15, -0.1) is 11.3 Å². The van der Waals surface area contributed by atoms with Gasteiger partial charge in [0, 0.05) is 12.7 Å². The maximum absolute atomic E-state index is 6.21. The Morgan fingerprint density at radius 3 is 2.75 bits per heavy atom. The third kappa shape index (κ3) is 3.64. The molecule has 1 fully saturated rings. The fourth-order valence-electron chi connectivity index (χ4n) is 4.07. The zero-order chi connectivity index (χ0) is 18.8. The zero-order valence-corrected chi connectivity index (χ0v) is 16.8. The van der Waals surface area contributed by atoms with Gasteiger partial charge >= 0.3 is 0 Å². The molecule has 5 heteroatoms. The highest BCUT2D eigenvalue weighted by molar-refractivity contribution is 7.16. The first-order chi connectivity index (χ1) is 13.9. The first-order valence-corrected chi connectivity index (χ1v) is 11.0. The van der Waals surface area contributed by atoms with Gasteiger partial charge < -0.3 is 14.0 Å². The summed E-state index contributed by atoms with van der Waals surface area (Å²) in [5.41, 5.74) is 3.51. The van der Waals surface area contributed by atoms with Crippen LogP contribution in [0.3, 0.4) is 0 Å². The molecule has 4 nitrogen and oxygen atoms in total. The van der Waals surface area contributed by atoms with Crippen molar-refractivity contribution in [1.29, 1.82) is 0 Å². The molecule has 0 radical (unpaired) electrons. The van der Waals surface area contributed by atoms with Gasteiger partial charge in [0.15, 0.2) is 0 Å². The number of hydrogen-bond donors (Lipinski definition) is 0. The zero-order valence-electron chi connectivity index (χ0n) is 16.0. The maximum atomic E-state index is 6.21. The molecule has 0 aliphatic carbocycles. The lowest BCUT2D eigenvalue weighted by molar-refractivity contribution is 0.141. The lowest BCUT2D eigenvalue weighted by atomic mass is 9.97. The van der Waals surface area contributed by atoms with E-state index >= 15 is 0 Å². The van der Waals surface area contributed by atoms with Gasteiger partial charge in [-0.2, -0.15) is 0 Å². The number of likely N-dealkylation sites (tertiary alicyclic amines) is 1. The van der Waals surface area contributed by atoms with Crippen LogP contribution in [0, 0.1) is 5.92 Å². The number of nitrogens with zero attached hydrogens (tertiary/aromatic N) is 3. The van der Waals surface area contributed by atoms with Crippen LogP contribution in [0.15, 0.2) is 60.1 Å². The number of piperidine rings is 1. The highest BCUT2D eigenvalue weighted by Crippen LogP contribution is 2.28. The molecule has 28 heavy (non-hydrogen) atoms. The topological polar surface area (TPSA) is 29.8 Å². The molecule has 0 bridgehead atoms. The average Bonchev–Trinajstić information content (AvgIpc) is 3.41. The third-order valence-corrected chi connectivity index (χ3v) is 6.66. The summed E-state index contributed by atoms with van der Waals surface area (Å²) >= 11 is 1.72. The second-order valence-corrected chi connectivity index (χ2v) is 8.52. The Balaban J connectivity index is 1.16. The normalized spacial score (nSPS) is 16.1. The summed E-state index contributed by atoms with van der Waals surface area (Å²) in [4.78, 5) is 8.52. The second kappa shape index (κ2) is 7.94. The van der Waals surface area contributed by atoms with Crippen LogP contribution < -0.4 is 4.74 Å². The Morgan fingerprint density at radius 2 is 1.89 bits per heavy atom. The molecule has 0 saturated carbocycles. The molecule has 0 spiro atoms. The minimum atomic E-state index is 0.614. The van der Waals surface area contributed by atoms with Crippen molar-refractivity contribution in [3.05, 3.63) is 65.7 Å². The van der Waals surface area contributed by atoms with Crippen molar-refractivity contribution in [3.8, 4) is 5.88 Å². The Bertz CT molecular complexity index is 1050. The van der Waals surface area contributed by atoms with E-state index in [0.717, 1.165) is 36.5 Å². The van der Waals surface area contributed by atoms with Gasteiger partial charge in [-0.1, -0.05) is 30.3 Å². The molecule has 5 rings (SSSR count). The van der Waals surface area contributed by atoms with Crippen molar-refractivity contribution < 1.29 is 4.74 Å². The predicted molar refractivity (Wildman–Crippen MR) is 115 cm³/mol. The van der Waals surface area contributed by atoms with E-state index in [1.54, 1.807) is 11.3 Å². The van der Waals surface area contributed by atoms with Gasteiger partial charge in [-0.3, -0.25) is 0 Å². The van der Waals surface area contributed by atoms with Crippen LogP contribution >= 0.6 is 11.3 Å². The smallest absolute Gasteiger partial charge is 0.238 e. The Kier molecular flexibility index (Phi) is 5.02. The van der Waals surface area contributed by atoms with E-state index in [0.29, 0.717) is 5.92 Å². The van der Waals surface area contributed by atoms with Gasteiger partial charge in [0.1, 0.15) is 15.9 Å². The molecule has 1 aliphatic heterocycles. The van der Waals surface area contributed by atoms with Crippen LogP contribution in [0.2, 0.25) is 0 Å². The standard InChI is InChI=1S/C23H25N3OS/c1-2-5-18(6-3-1)8-13-25-14-9-19(10-15-25)17-27-22-21-7-4-12-26(21)23-20(24-22)11-16-28-23/h1-7,11-12,16,19H,8-10,13-15,17H2. The quantitative estimate of drug-likeness (QED) is 0.469. The Labute approximate surface area is 169 Å². The van der Waals surface area contributed by atoms with E-state index in [1.807, 2.05) is 0 Å². The number of rotatable bonds is 6. The lowest BCUT2D eigenvalue weighted by Crippen LogP contribution is -2.36. The van der Waals surface area contributed by atoms with Crippen LogP contribution in [-0.4, -0.2) is 40.5 Å². The highest BCUT2D eigenvalue weighted by Gasteiger charge is 2.20. The number of aromatic nitrogens is 2. The number of benzene rings is 1. The van der Waals surface area contributed by atoms with E-state index in [9.17, 15) is 0 Å². The van der Waals surface area contributed by atoms with E-state index in [-0.39, 0.29) is 0 Å². The molecule has 1 saturated heterocycles. The minimum Gasteiger partial charge on any atom is -0.476 e. The summed E-state index contributed by atoms with van der Waals surface area (Å²) in [5, 5.41) is 2.09. The van der Waals surface area contributed by atoms with Gasteiger partial charge in [0.05, 0.1) is 6.61 Å². The number of hydrogen-bond acceptors (Lipinski definition) is 4. The predicted octanol–water partition coefficient (Wildman–Crippen LogP) is 4.88. The number of fused-ring (bicyclic) bond motifs is 3. The van der Waals surface area contributed by atoms with E-state index in [2.05, 4.69) is 69.4 Å². The molecular formula is C23H25N3OS.